The van der Waals surface area contributed by atoms with Gasteiger partial charge in [-0.25, -0.2) is 0 Å². The molecule has 90 valence electrons. The van der Waals surface area contributed by atoms with E-state index in [4.69, 9.17) is 14.7 Å². The standard InChI is InChI=1S/C12H14N2O3/c1-16-6-5-12(15)14-10-4-3-9(8-13)7-11(10)17-2/h3-4,7H,5-6H2,1-2H3,(H,14,15). The SMILES string of the molecule is COCCC(=O)Nc1ccc(C#N)cc1OC. The fourth-order valence-corrected chi connectivity index (χ4v) is 1.27. The summed E-state index contributed by atoms with van der Waals surface area (Å²) < 4.78 is 9.90. The molecule has 0 fully saturated rings. The Kier molecular flexibility index (Phi) is 4.98. The van der Waals surface area contributed by atoms with Crippen molar-refractivity contribution in [1.82, 2.24) is 0 Å². The van der Waals surface area contributed by atoms with Gasteiger partial charge in [-0.2, -0.15) is 5.26 Å². The Bertz CT molecular complexity index is 438. The van der Waals surface area contributed by atoms with Crippen LogP contribution in [-0.4, -0.2) is 26.7 Å². The van der Waals surface area contributed by atoms with Crippen molar-refractivity contribution < 1.29 is 14.3 Å². The number of amides is 1. The van der Waals surface area contributed by atoms with Crippen LogP contribution < -0.4 is 10.1 Å². The highest BCUT2D eigenvalue weighted by atomic mass is 16.5. The predicted molar refractivity (Wildman–Crippen MR) is 62.8 cm³/mol. The molecule has 1 aromatic rings. The van der Waals surface area contributed by atoms with Crippen molar-refractivity contribution in [2.45, 2.75) is 6.42 Å². The zero-order valence-electron chi connectivity index (χ0n) is 9.82. The van der Waals surface area contributed by atoms with Crippen LogP contribution in [0.4, 0.5) is 5.69 Å². The molecule has 0 atom stereocenters. The van der Waals surface area contributed by atoms with Crippen LogP contribution in [0.3, 0.4) is 0 Å². The van der Waals surface area contributed by atoms with Gasteiger partial charge in [0, 0.05) is 13.2 Å². The normalized spacial score (nSPS) is 9.47. The highest BCUT2D eigenvalue weighted by Crippen LogP contribution is 2.25. The molecule has 0 unspecified atom stereocenters. The van der Waals surface area contributed by atoms with Gasteiger partial charge in [-0.3, -0.25) is 4.79 Å². The van der Waals surface area contributed by atoms with Gasteiger partial charge in [0.05, 0.1) is 37.5 Å². The minimum Gasteiger partial charge on any atom is -0.495 e. The fourth-order valence-electron chi connectivity index (χ4n) is 1.27. The molecule has 5 heteroatoms. The predicted octanol–water partition coefficient (Wildman–Crippen LogP) is 1.54. The van der Waals surface area contributed by atoms with Gasteiger partial charge in [0.25, 0.3) is 0 Å². The molecule has 0 saturated carbocycles. The first-order valence-electron chi connectivity index (χ1n) is 5.08. The van der Waals surface area contributed by atoms with E-state index in [2.05, 4.69) is 5.32 Å². The van der Waals surface area contributed by atoms with Crippen LogP contribution in [-0.2, 0) is 9.53 Å². The number of anilines is 1. The second kappa shape index (κ2) is 6.51. The van der Waals surface area contributed by atoms with Gasteiger partial charge >= 0.3 is 0 Å². The number of ether oxygens (including phenoxy) is 2. The summed E-state index contributed by atoms with van der Waals surface area (Å²) in [6.07, 6.45) is 0.277. The van der Waals surface area contributed by atoms with E-state index in [0.29, 0.717) is 23.6 Å². The molecule has 0 spiro atoms. The molecular weight excluding hydrogens is 220 g/mol. The summed E-state index contributed by atoms with van der Waals surface area (Å²) in [6.45, 7) is 0.366. The second-order valence-corrected chi connectivity index (χ2v) is 3.32. The minimum absolute atomic E-state index is 0.158. The largest absolute Gasteiger partial charge is 0.495 e. The van der Waals surface area contributed by atoms with Crippen LogP contribution in [0.1, 0.15) is 12.0 Å². The Balaban J connectivity index is 2.77. The topological polar surface area (TPSA) is 71.3 Å². The van der Waals surface area contributed by atoms with Crippen molar-refractivity contribution in [3.8, 4) is 11.8 Å². The van der Waals surface area contributed by atoms with E-state index in [1.54, 1.807) is 18.2 Å². The maximum atomic E-state index is 11.5. The van der Waals surface area contributed by atoms with Crippen molar-refractivity contribution >= 4 is 11.6 Å². The Hall–Kier alpha value is -2.06. The Labute approximate surface area is 100.0 Å². The van der Waals surface area contributed by atoms with Gasteiger partial charge in [0.1, 0.15) is 5.75 Å². The van der Waals surface area contributed by atoms with E-state index >= 15 is 0 Å². The number of nitrogens with one attached hydrogen (secondary N) is 1. The molecule has 17 heavy (non-hydrogen) atoms. The number of carbonyl (C=O) groups excluding carboxylic acids is 1. The first-order chi connectivity index (χ1) is 8.21. The van der Waals surface area contributed by atoms with Gasteiger partial charge < -0.3 is 14.8 Å². The van der Waals surface area contributed by atoms with E-state index in [-0.39, 0.29) is 12.3 Å². The van der Waals surface area contributed by atoms with Crippen molar-refractivity contribution in [2.24, 2.45) is 0 Å². The molecule has 0 aliphatic heterocycles. The number of carbonyl (C=O) groups is 1. The number of benzene rings is 1. The molecule has 0 bridgehead atoms. The lowest BCUT2D eigenvalue weighted by molar-refractivity contribution is -0.117. The van der Waals surface area contributed by atoms with Crippen molar-refractivity contribution in [3.05, 3.63) is 23.8 Å². The maximum Gasteiger partial charge on any atom is 0.226 e. The van der Waals surface area contributed by atoms with E-state index in [1.807, 2.05) is 6.07 Å². The third-order valence-electron chi connectivity index (χ3n) is 2.14. The summed E-state index contributed by atoms with van der Waals surface area (Å²) in [5.74, 6) is 0.310. The number of nitrogens with zero attached hydrogens (tertiary/aromatic N) is 1. The van der Waals surface area contributed by atoms with Crippen LogP contribution in [0.2, 0.25) is 0 Å². The van der Waals surface area contributed by atoms with Gasteiger partial charge in [0.2, 0.25) is 5.91 Å². The van der Waals surface area contributed by atoms with Crippen LogP contribution in [0.15, 0.2) is 18.2 Å². The van der Waals surface area contributed by atoms with Crippen molar-refractivity contribution in [2.75, 3.05) is 26.1 Å². The molecule has 0 aromatic heterocycles. The molecule has 1 rings (SSSR count). The van der Waals surface area contributed by atoms with Gasteiger partial charge in [-0.15, -0.1) is 0 Å². The fraction of sp³-hybridized carbons (Fsp3) is 0.333. The molecule has 1 amide bonds. The first kappa shape index (κ1) is 13.0. The maximum absolute atomic E-state index is 11.5. The summed E-state index contributed by atoms with van der Waals surface area (Å²) in [6, 6.07) is 6.84. The van der Waals surface area contributed by atoms with E-state index in [9.17, 15) is 4.79 Å². The van der Waals surface area contributed by atoms with Gasteiger partial charge in [0.15, 0.2) is 0 Å². The second-order valence-electron chi connectivity index (χ2n) is 3.32. The molecular formula is C12H14N2O3. The smallest absolute Gasteiger partial charge is 0.226 e. The molecule has 0 radical (unpaired) electrons. The lowest BCUT2D eigenvalue weighted by Gasteiger charge is -2.10. The molecule has 0 heterocycles. The van der Waals surface area contributed by atoms with E-state index in [1.165, 1.54) is 14.2 Å². The van der Waals surface area contributed by atoms with Gasteiger partial charge in [-0.05, 0) is 12.1 Å². The van der Waals surface area contributed by atoms with E-state index < -0.39 is 0 Å². The average molecular weight is 234 g/mol. The van der Waals surface area contributed by atoms with E-state index in [0.717, 1.165) is 0 Å². The Morgan fingerprint density at radius 2 is 2.24 bits per heavy atom. The summed E-state index contributed by atoms with van der Waals surface area (Å²) >= 11 is 0. The Morgan fingerprint density at radius 1 is 1.47 bits per heavy atom. The summed E-state index contributed by atoms with van der Waals surface area (Å²) in [4.78, 5) is 11.5. The molecule has 1 aromatic carbocycles. The lowest BCUT2D eigenvalue weighted by atomic mass is 10.2. The number of rotatable bonds is 5. The van der Waals surface area contributed by atoms with Crippen LogP contribution in [0.25, 0.3) is 0 Å². The number of nitriles is 1. The minimum atomic E-state index is -0.158. The quantitative estimate of drug-likeness (QED) is 0.838. The monoisotopic (exact) mass is 234 g/mol. The van der Waals surface area contributed by atoms with Gasteiger partial charge in [-0.1, -0.05) is 0 Å². The highest BCUT2D eigenvalue weighted by molar-refractivity contribution is 5.92. The van der Waals surface area contributed by atoms with Crippen LogP contribution in [0, 0.1) is 11.3 Å². The average Bonchev–Trinajstić information content (AvgIpc) is 2.36. The first-order valence-corrected chi connectivity index (χ1v) is 5.08. The number of hydrogen-bond acceptors (Lipinski definition) is 4. The molecule has 1 N–H and O–H groups in total. The number of hydrogen-bond donors (Lipinski definition) is 1. The highest BCUT2D eigenvalue weighted by Gasteiger charge is 2.08. The number of methoxy groups -OCH3 is 2. The summed E-state index contributed by atoms with van der Waals surface area (Å²) in [5, 5.41) is 11.4. The summed E-state index contributed by atoms with van der Waals surface area (Å²) in [5.41, 5.74) is 1.03. The zero-order valence-corrected chi connectivity index (χ0v) is 9.82. The third-order valence-corrected chi connectivity index (χ3v) is 2.14. The molecule has 0 saturated heterocycles. The lowest BCUT2D eigenvalue weighted by Crippen LogP contribution is -2.14. The summed E-state index contributed by atoms with van der Waals surface area (Å²) in [7, 11) is 3.02. The molecule has 0 aliphatic rings. The van der Waals surface area contributed by atoms with Crippen LogP contribution >= 0.6 is 0 Å². The molecule has 5 nitrogen and oxygen atoms in total. The third kappa shape index (κ3) is 3.78. The van der Waals surface area contributed by atoms with Crippen molar-refractivity contribution in [1.29, 1.82) is 5.26 Å². The Morgan fingerprint density at radius 3 is 2.82 bits per heavy atom. The van der Waals surface area contributed by atoms with Crippen LogP contribution in [0.5, 0.6) is 5.75 Å². The van der Waals surface area contributed by atoms with Crippen molar-refractivity contribution in [3.63, 3.8) is 0 Å². The zero-order chi connectivity index (χ0) is 12.7. The molecule has 0 aliphatic carbocycles.